The van der Waals surface area contributed by atoms with Gasteiger partial charge in [0.25, 0.3) is 0 Å². The van der Waals surface area contributed by atoms with Gasteiger partial charge in [-0.1, -0.05) is 6.92 Å². The number of nitrogens with one attached hydrogen (secondary N) is 1. The van der Waals surface area contributed by atoms with Crippen LogP contribution in [-0.2, 0) is 11.2 Å². The molecule has 19 heavy (non-hydrogen) atoms. The van der Waals surface area contributed by atoms with Gasteiger partial charge in [-0.3, -0.25) is 4.79 Å². The van der Waals surface area contributed by atoms with Crippen molar-refractivity contribution in [3.05, 3.63) is 29.6 Å². The maximum absolute atomic E-state index is 13.2. The van der Waals surface area contributed by atoms with Gasteiger partial charge in [-0.2, -0.15) is 0 Å². The highest BCUT2D eigenvalue weighted by Gasteiger charge is 2.27. The number of halogens is 1. The van der Waals surface area contributed by atoms with Crippen molar-refractivity contribution in [1.29, 1.82) is 0 Å². The standard InChI is InChI=1S/C14H18FNO3/c1-2-12(7-17)16-14(18)10-5-9-6-11(15)3-4-13(9)19-8-10/h3-4,6,10,12,17H,2,5,7-8H2,1H3,(H,16,18). The third-order valence-electron chi connectivity index (χ3n) is 3.36. The van der Waals surface area contributed by atoms with Crippen molar-refractivity contribution >= 4 is 5.91 Å². The lowest BCUT2D eigenvalue weighted by Gasteiger charge is -2.26. The molecule has 0 aliphatic carbocycles. The molecule has 0 saturated heterocycles. The minimum Gasteiger partial charge on any atom is -0.492 e. The van der Waals surface area contributed by atoms with E-state index >= 15 is 0 Å². The number of carbonyl (C=O) groups excluding carboxylic acids is 1. The minimum absolute atomic E-state index is 0.0823. The largest absolute Gasteiger partial charge is 0.492 e. The second-order valence-corrected chi connectivity index (χ2v) is 4.76. The van der Waals surface area contributed by atoms with Gasteiger partial charge in [-0.05, 0) is 36.6 Å². The van der Waals surface area contributed by atoms with Gasteiger partial charge in [0.1, 0.15) is 18.2 Å². The van der Waals surface area contributed by atoms with Crippen LogP contribution in [0.4, 0.5) is 4.39 Å². The number of ether oxygens (including phenoxy) is 1. The summed E-state index contributed by atoms with van der Waals surface area (Å²) in [4.78, 5) is 12.0. The van der Waals surface area contributed by atoms with Crippen LogP contribution in [0.2, 0.25) is 0 Å². The van der Waals surface area contributed by atoms with E-state index in [-0.39, 0.29) is 36.9 Å². The Balaban J connectivity index is 2.02. The van der Waals surface area contributed by atoms with Crippen LogP contribution in [0.3, 0.4) is 0 Å². The van der Waals surface area contributed by atoms with Gasteiger partial charge in [-0.25, -0.2) is 4.39 Å². The fraction of sp³-hybridized carbons (Fsp3) is 0.500. The van der Waals surface area contributed by atoms with Gasteiger partial charge in [0, 0.05) is 0 Å². The van der Waals surface area contributed by atoms with Crippen LogP contribution < -0.4 is 10.1 Å². The van der Waals surface area contributed by atoms with E-state index in [0.717, 1.165) is 0 Å². The molecule has 1 amide bonds. The molecule has 4 nitrogen and oxygen atoms in total. The number of fused-ring (bicyclic) bond motifs is 1. The van der Waals surface area contributed by atoms with Gasteiger partial charge in [0.05, 0.1) is 18.6 Å². The first-order valence-corrected chi connectivity index (χ1v) is 6.46. The van der Waals surface area contributed by atoms with Crippen molar-refractivity contribution in [2.45, 2.75) is 25.8 Å². The highest BCUT2D eigenvalue weighted by atomic mass is 19.1. The van der Waals surface area contributed by atoms with Crippen LogP contribution in [0.25, 0.3) is 0 Å². The van der Waals surface area contributed by atoms with E-state index in [1.165, 1.54) is 12.1 Å². The van der Waals surface area contributed by atoms with Crippen LogP contribution in [0, 0.1) is 11.7 Å². The fourth-order valence-corrected chi connectivity index (χ4v) is 2.13. The number of aliphatic hydroxyl groups is 1. The molecule has 2 N–H and O–H groups in total. The Labute approximate surface area is 111 Å². The van der Waals surface area contributed by atoms with Crippen LogP contribution >= 0.6 is 0 Å². The zero-order valence-corrected chi connectivity index (χ0v) is 10.9. The van der Waals surface area contributed by atoms with Gasteiger partial charge < -0.3 is 15.2 Å². The second-order valence-electron chi connectivity index (χ2n) is 4.76. The molecule has 5 heteroatoms. The zero-order valence-electron chi connectivity index (χ0n) is 10.9. The molecule has 0 spiro atoms. The first kappa shape index (κ1) is 13.8. The van der Waals surface area contributed by atoms with Crippen LogP contribution in [0.15, 0.2) is 18.2 Å². The second kappa shape index (κ2) is 6.02. The Hall–Kier alpha value is -1.62. The van der Waals surface area contributed by atoms with E-state index in [1.54, 1.807) is 6.07 Å². The zero-order chi connectivity index (χ0) is 13.8. The first-order chi connectivity index (χ1) is 9.13. The van der Waals surface area contributed by atoms with Gasteiger partial charge >= 0.3 is 0 Å². The van der Waals surface area contributed by atoms with Gasteiger partial charge in [0.2, 0.25) is 5.91 Å². The summed E-state index contributed by atoms with van der Waals surface area (Å²) < 4.78 is 18.6. The lowest BCUT2D eigenvalue weighted by molar-refractivity contribution is -0.127. The molecule has 0 bridgehead atoms. The highest BCUT2D eigenvalue weighted by molar-refractivity contribution is 5.79. The van der Waals surface area contributed by atoms with Crippen LogP contribution in [-0.4, -0.2) is 30.3 Å². The summed E-state index contributed by atoms with van der Waals surface area (Å²) in [5.74, 6) is -0.185. The van der Waals surface area contributed by atoms with E-state index in [4.69, 9.17) is 9.84 Å². The van der Waals surface area contributed by atoms with E-state index in [9.17, 15) is 9.18 Å². The number of amides is 1. The maximum Gasteiger partial charge on any atom is 0.227 e. The highest BCUT2D eigenvalue weighted by Crippen LogP contribution is 2.28. The molecule has 0 radical (unpaired) electrons. The van der Waals surface area contributed by atoms with Crippen molar-refractivity contribution in [3.63, 3.8) is 0 Å². The number of carbonyl (C=O) groups is 1. The summed E-state index contributed by atoms with van der Waals surface area (Å²) in [6, 6.07) is 4.10. The summed E-state index contributed by atoms with van der Waals surface area (Å²) in [7, 11) is 0. The molecule has 2 unspecified atom stereocenters. The minimum atomic E-state index is -0.338. The molecule has 1 aromatic rings. The molecule has 1 aliphatic rings. The lowest BCUT2D eigenvalue weighted by Crippen LogP contribution is -2.43. The number of rotatable bonds is 4. The Bertz CT molecular complexity index is 460. The number of hydrogen-bond donors (Lipinski definition) is 2. The van der Waals surface area contributed by atoms with Crippen molar-refractivity contribution in [2.24, 2.45) is 5.92 Å². The normalized spacial score (nSPS) is 19.2. The predicted octanol–water partition coefficient (Wildman–Crippen LogP) is 1.26. The van der Waals surface area contributed by atoms with E-state index < -0.39 is 0 Å². The Morgan fingerprint density at radius 3 is 3.11 bits per heavy atom. The van der Waals surface area contributed by atoms with E-state index in [2.05, 4.69) is 5.32 Å². The number of hydrogen-bond acceptors (Lipinski definition) is 3. The van der Waals surface area contributed by atoms with Crippen molar-refractivity contribution in [3.8, 4) is 5.75 Å². The topological polar surface area (TPSA) is 58.6 Å². The molecule has 0 saturated carbocycles. The molecule has 0 fully saturated rings. The summed E-state index contributed by atoms with van der Waals surface area (Å²) >= 11 is 0. The van der Waals surface area contributed by atoms with Gasteiger partial charge in [-0.15, -0.1) is 0 Å². The Kier molecular flexibility index (Phi) is 4.37. The molecule has 0 aromatic heterocycles. The summed E-state index contributed by atoms with van der Waals surface area (Å²) in [5, 5.41) is 11.8. The summed E-state index contributed by atoms with van der Waals surface area (Å²) in [6.07, 6.45) is 1.13. The molecular weight excluding hydrogens is 249 g/mol. The average molecular weight is 267 g/mol. The molecule has 2 rings (SSSR count). The number of aliphatic hydroxyl groups excluding tert-OH is 1. The van der Waals surface area contributed by atoms with Crippen molar-refractivity contribution in [1.82, 2.24) is 5.32 Å². The quantitative estimate of drug-likeness (QED) is 0.863. The molecular formula is C14H18FNO3. The van der Waals surface area contributed by atoms with E-state index in [1.807, 2.05) is 6.92 Å². The smallest absolute Gasteiger partial charge is 0.227 e. The fourth-order valence-electron chi connectivity index (χ4n) is 2.13. The maximum atomic E-state index is 13.2. The van der Waals surface area contributed by atoms with Gasteiger partial charge in [0.15, 0.2) is 0 Å². The molecule has 1 aliphatic heterocycles. The first-order valence-electron chi connectivity index (χ1n) is 6.46. The third-order valence-corrected chi connectivity index (χ3v) is 3.36. The lowest BCUT2D eigenvalue weighted by atomic mass is 9.95. The monoisotopic (exact) mass is 267 g/mol. The predicted molar refractivity (Wildman–Crippen MR) is 68.4 cm³/mol. The van der Waals surface area contributed by atoms with Crippen LogP contribution in [0.5, 0.6) is 5.75 Å². The average Bonchev–Trinajstić information content (AvgIpc) is 2.43. The van der Waals surface area contributed by atoms with Crippen LogP contribution in [0.1, 0.15) is 18.9 Å². The molecule has 104 valence electrons. The number of benzene rings is 1. The molecule has 2 atom stereocenters. The SMILES string of the molecule is CCC(CO)NC(=O)C1COc2ccc(F)cc2C1. The van der Waals surface area contributed by atoms with E-state index in [0.29, 0.717) is 24.2 Å². The Morgan fingerprint density at radius 2 is 2.42 bits per heavy atom. The summed E-state index contributed by atoms with van der Waals surface area (Å²) in [6.45, 7) is 2.09. The van der Waals surface area contributed by atoms with Crippen molar-refractivity contribution in [2.75, 3.05) is 13.2 Å². The summed E-state index contributed by atoms with van der Waals surface area (Å²) in [5.41, 5.74) is 0.712. The third kappa shape index (κ3) is 3.23. The molecule has 1 aromatic carbocycles. The molecule has 1 heterocycles. The van der Waals surface area contributed by atoms with Crippen molar-refractivity contribution < 1.29 is 19.0 Å². The Morgan fingerprint density at radius 1 is 1.63 bits per heavy atom.